The summed E-state index contributed by atoms with van der Waals surface area (Å²) in [6.45, 7) is 0. The summed E-state index contributed by atoms with van der Waals surface area (Å²) in [5.41, 5.74) is 1.62. The van der Waals surface area contributed by atoms with Gasteiger partial charge in [-0.3, -0.25) is 9.55 Å². The second kappa shape index (κ2) is 3.79. The molecule has 0 aliphatic rings. The number of hydrogen-bond donors (Lipinski definition) is 1. The van der Waals surface area contributed by atoms with Crippen LogP contribution in [0.1, 0.15) is 0 Å². The molecule has 3 aromatic rings. The molecule has 0 unspecified atom stereocenters. The van der Waals surface area contributed by atoms with E-state index in [0.717, 1.165) is 16.6 Å². The maximum atomic E-state index is 10.1. The lowest BCUT2D eigenvalue weighted by Crippen LogP contribution is -1.89. The van der Waals surface area contributed by atoms with Crippen LogP contribution in [0.3, 0.4) is 0 Å². The highest BCUT2D eigenvalue weighted by Crippen LogP contribution is 2.28. The summed E-state index contributed by atoms with van der Waals surface area (Å²) in [5, 5.41) is 11.5. The first-order valence-electron chi connectivity index (χ1n) is 5.17. The van der Waals surface area contributed by atoms with Crippen LogP contribution in [0.25, 0.3) is 16.6 Å². The van der Waals surface area contributed by atoms with Crippen molar-refractivity contribution in [3.63, 3.8) is 0 Å². The van der Waals surface area contributed by atoms with Gasteiger partial charge in [0.05, 0.1) is 10.9 Å². The smallest absolute Gasteiger partial charge is 0.205 e. The van der Waals surface area contributed by atoms with Crippen molar-refractivity contribution in [2.45, 2.75) is 0 Å². The topological polar surface area (TPSA) is 38.1 Å². The Morgan fingerprint density at radius 1 is 1.12 bits per heavy atom. The molecule has 2 heterocycles. The molecule has 0 aliphatic carbocycles. The third-order valence-electron chi connectivity index (χ3n) is 2.66. The molecule has 0 atom stereocenters. The van der Waals surface area contributed by atoms with Crippen LogP contribution in [-0.4, -0.2) is 14.7 Å². The van der Waals surface area contributed by atoms with Crippen molar-refractivity contribution in [1.29, 1.82) is 0 Å². The van der Waals surface area contributed by atoms with Crippen molar-refractivity contribution < 1.29 is 5.11 Å². The lowest BCUT2D eigenvalue weighted by atomic mass is 10.3. The van der Waals surface area contributed by atoms with Crippen LogP contribution in [-0.2, 0) is 0 Å². The molecular weight excluding hydrogens is 236 g/mol. The Labute approximate surface area is 103 Å². The fraction of sp³-hybridized carbons (Fsp3) is 0. The maximum absolute atomic E-state index is 10.1. The van der Waals surface area contributed by atoms with Gasteiger partial charge in [-0.2, -0.15) is 0 Å². The normalized spacial score (nSPS) is 10.9. The van der Waals surface area contributed by atoms with E-state index in [1.54, 1.807) is 35.2 Å². The second-order valence-corrected chi connectivity index (χ2v) is 4.17. The van der Waals surface area contributed by atoms with E-state index in [4.69, 9.17) is 11.6 Å². The lowest BCUT2D eigenvalue weighted by Gasteiger charge is -2.04. The average molecular weight is 245 g/mol. The highest BCUT2D eigenvalue weighted by molar-refractivity contribution is 6.30. The largest absolute Gasteiger partial charge is 0.494 e. The standard InChI is InChI=1S/C13H9ClN2O/c14-9-3-5-10(6-4-9)16-8-12-11(13(16)17)2-1-7-15-12/h1-8,17H. The summed E-state index contributed by atoms with van der Waals surface area (Å²) < 4.78 is 1.69. The van der Waals surface area contributed by atoms with E-state index in [1.807, 2.05) is 18.2 Å². The molecule has 0 spiro atoms. The number of fused-ring (bicyclic) bond motifs is 1. The highest BCUT2D eigenvalue weighted by atomic mass is 35.5. The quantitative estimate of drug-likeness (QED) is 0.713. The number of pyridine rings is 1. The van der Waals surface area contributed by atoms with E-state index >= 15 is 0 Å². The molecule has 3 nitrogen and oxygen atoms in total. The molecule has 3 rings (SSSR count). The molecule has 84 valence electrons. The van der Waals surface area contributed by atoms with Gasteiger partial charge in [-0.25, -0.2) is 0 Å². The number of aromatic hydroxyl groups is 1. The number of halogens is 1. The van der Waals surface area contributed by atoms with Crippen molar-refractivity contribution in [1.82, 2.24) is 9.55 Å². The van der Waals surface area contributed by atoms with Crippen LogP contribution < -0.4 is 0 Å². The van der Waals surface area contributed by atoms with Crippen LogP contribution in [0, 0.1) is 0 Å². The molecule has 0 saturated carbocycles. The summed E-state index contributed by atoms with van der Waals surface area (Å²) in [7, 11) is 0. The van der Waals surface area contributed by atoms with Gasteiger partial charge in [0.2, 0.25) is 5.88 Å². The Bertz CT molecular complexity index is 673. The van der Waals surface area contributed by atoms with Crippen LogP contribution in [0.4, 0.5) is 0 Å². The summed E-state index contributed by atoms with van der Waals surface area (Å²) in [5.74, 6) is 0.190. The van der Waals surface area contributed by atoms with Crippen molar-refractivity contribution in [3.8, 4) is 11.6 Å². The minimum absolute atomic E-state index is 0.190. The summed E-state index contributed by atoms with van der Waals surface area (Å²) in [4.78, 5) is 4.20. The van der Waals surface area contributed by atoms with Crippen molar-refractivity contribution in [2.24, 2.45) is 0 Å². The molecule has 0 fully saturated rings. The van der Waals surface area contributed by atoms with Gasteiger partial charge >= 0.3 is 0 Å². The Morgan fingerprint density at radius 2 is 1.88 bits per heavy atom. The molecule has 0 saturated heterocycles. The molecule has 1 N–H and O–H groups in total. The molecule has 17 heavy (non-hydrogen) atoms. The summed E-state index contributed by atoms with van der Waals surface area (Å²) in [6.07, 6.45) is 3.50. The summed E-state index contributed by atoms with van der Waals surface area (Å²) in [6, 6.07) is 10.9. The van der Waals surface area contributed by atoms with Gasteiger partial charge in [-0.05, 0) is 36.4 Å². The van der Waals surface area contributed by atoms with Crippen molar-refractivity contribution in [3.05, 3.63) is 53.8 Å². The van der Waals surface area contributed by atoms with Crippen LogP contribution >= 0.6 is 11.6 Å². The zero-order valence-electron chi connectivity index (χ0n) is 8.84. The number of benzene rings is 1. The fourth-order valence-corrected chi connectivity index (χ4v) is 1.95. The molecule has 0 bridgehead atoms. The zero-order valence-corrected chi connectivity index (χ0v) is 9.59. The van der Waals surface area contributed by atoms with E-state index in [-0.39, 0.29) is 5.88 Å². The Hall–Kier alpha value is -2.00. The molecule has 0 radical (unpaired) electrons. The number of aromatic nitrogens is 2. The van der Waals surface area contributed by atoms with Crippen LogP contribution in [0.5, 0.6) is 5.88 Å². The van der Waals surface area contributed by atoms with Crippen molar-refractivity contribution in [2.75, 3.05) is 0 Å². The third kappa shape index (κ3) is 1.65. The Morgan fingerprint density at radius 3 is 2.59 bits per heavy atom. The van der Waals surface area contributed by atoms with Gasteiger partial charge in [0.15, 0.2) is 0 Å². The monoisotopic (exact) mass is 244 g/mol. The molecular formula is C13H9ClN2O. The van der Waals surface area contributed by atoms with Gasteiger partial charge in [0, 0.05) is 23.1 Å². The lowest BCUT2D eigenvalue weighted by molar-refractivity contribution is 0.448. The molecule has 0 aliphatic heterocycles. The Balaban J connectivity index is 2.24. The number of hydrogen-bond acceptors (Lipinski definition) is 2. The molecule has 4 heteroatoms. The van der Waals surface area contributed by atoms with Gasteiger partial charge < -0.3 is 5.11 Å². The number of rotatable bonds is 1. The fourth-order valence-electron chi connectivity index (χ4n) is 1.82. The SMILES string of the molecule is Oc1c2cccnc2cn1-c1ccc(Cl)cc1. The van der Waals surface area contributed by atoms with E-state index in [1.165, 1.54) is 0 Å². The van der Waals surface area contributed by atoms with E-state index in [9.17, 15) is 5.11 Å². The van der Waals surface area contributed by atoms with Gasteiger partial charge in [-0.1, -0.05) is 11.6 Å². The van der Waals surface area contributed by atoms with Gasteiger partial charge in [-0.15, -0.1) is 0 Å². The first kappa shape index (κ1) is 10.2. The Kier molecular flexibility index (Phi) is 2.27. The predicted octanol–water partition coefficient (Wildman–Crippen LogP) is 3.38. The zero-order chi connectivity index (χ0) is 11.8. The molecule has 2 aromatic heterocycles. The third-order valence-corrected chi connectivity index (χ3v) is 2.92. The van der Waals surface area contributed by atoms with Gasteiger partial charge in [0.25, 0.3) is 0 Å². The van der Waals surface area contributed by atoms with Crippen LogP contribution in [0.15, 0.2) is 48.8 Å². The minimum Gasteiger partial charge on any atom is -0.494 e. The minimum atomic E-state index is 0.190. The maximum Gasteiger partial charge on any atom is 0.205 e. The molecule has 1 aromatic carbocycles. The first-order chi connectivity index (χ1) is 8.25. The van der Waals surface area contributed by atoms with E-state index in [0.29, 0.717) is 5.02 Å². The highest BCUT2D eigenvalue weighted by Gasteiger charge is 2.09. The van der Waals surface area contributed by atoms with E-state index < -0.39 is 0 Å². The second-order valence-electron chi connectivity index (χ2n) is 3.74. The van der Waals surface area contributed by atoms with Gasteiger partial charge in [0.1, 0.15) is 0 Å². The summed E-state index contributed by atoms with van der Waals surface area (Å²) >= 11 is 5.83. The van der Waals surface area contributed by atoms with Crippen molar-refractivity contribution >= 4 is 22.5 Å². The number of nitrogens with zero attached hydrogens (tertiary/aromatic N) is 2. The average Bonchev–Trinajstić information content (AvgIpc) is 2.69. The van der Waals surface area contributed by atoms with Crippen LogP contribution in [0.2, 0.25) is 5.02 Å². The predicted molar refractivity (Wildman–Crippen MR) is 67.7 cm³/mol. The van der Waals surface area contributed by atoms with E-state index in [2.05, 4.69) is 4.98 Å². The molecule has 0 amide bonds. The first-order valence-corrected chi connectivity index (χ1v) is 5.54.